The van der Waals surface area contributed by atoms with Crippen LogP contribution in [0.15, 0.2) is 48.7 Å². The highest BCUT2D eigenvalue weighted by atomic mass is 19.4. The first kappa shape index (κ1) is 20.3. The van der Waals surface area contributed by atoms with Crippen LogP contribution in [0, 0.1) is 11.8 Å². The maximum absolute atomic E-state index is 12.6. The Kier molecular flexibility index (Phi) is 5.45. The van der Waals surface area contributed by atoms with Crippen molar-refractivity contribution in [3.8, 4) is 5.75 Å². The molecule has 30 heavy (non-hydrogen) atoms. The second-order valence-corrected chi connectivity index (χ2v) is 7.97. The summed E-state index contributed by atoms with van der Waals surface area (Å²) in [6.07, 6.45) is -0.0984. The number of amides is 1. The minimum absolute atomic E-state index is 0.0602. The number of rotatable bonds is 6. The van der Waals surface area contributed by atoms with Crippen LogP contribution < -0.4 is 10.1 Å². The Balaban J connectivity index is 1.37. The van der Waals surface area contributed by atoms with Crippen LogP contribution >= 0.6 is 0 Å². The molecule has 1 aliphatic rings. The van der Waals surface area contributed by atoms with Gasteiger partial charge in [0.2, 0.25) is 5.91 Å². The Morgan fingerprint density at radius 3 is 2.57 bits per heavy atom. The van der Waals surface area contributed by atoms with Gasteiger partial charge in [-0.25, -0.2) is 0 Å². The maximum Gasteiger partial charge on any atom is 0.416 e. The van der Waals surface area contributed by atoms with Gasteiger partial charge in [-0.05, 0) is 60.7 Å². The Morgan fingerprint density at radius 1 is 1.17 bits per heavy atom. The molecule has 3 aromatic rings. The predicted molar refractivity (Wildman–Crippen MR) is 109 cm³/mol. The monoisotopic (exact) mass is 416 g/mol. The van der Waals surface area contributed by atoms with Crippen LogP contribution in [0.2, 0.25) is 0 Å². The van der Waals surface area contributed by atoms with Crippen LogP contribution in [0.4, 0.5) is 18.9 Å². The highest BCUT2D eigenvalue weighted by Crippen LogP contribution is 2.35. The fraction of sp³-hybridized carbons (Fsp3) is 0.348. The van der Waals surface area contributed by atoms with Crippen molar-refractivity contribution < 1.29 is 22.7 Å². The van der Waals surface area contributed by atoms with Crippen molar-refractivity contribution in [1.82, 2.24) is 4.98 Å². The first-order valence-electron chi connectivity index (χ1n) is 10.0. The SMILES string of the molecule is CC1CC(C(=O)Nc2c[nH]c3ccc(CCOc4ccc(C(F)(F)F)cc4)cc23)C1. The molecule has 1 amide bonds. The van der Waals surface area contributed by atoms with Crippen molar-refractivity contribution in [1.29, 1.82) is 0 Å². The van der Waals surface area contributed by atoms with E-state index in [1.165, 1.54) is 12.1 Å². The molecule has 0 aliphatic heterocycles. The van der Waals surface area contributed by atoms with E-state index >= 15 is 0 Å². The molecule has 1 aromatic heterocycles. The average Bonchev–Trinajstić information content (AvgIpc) is 3.07. The number of fused-ring (bicyclic) bond motifs is 1. The van der Waals surface area contributed by atoms with Gasteiger partial charge < -0.3 is 15.0 Å². The Labute approximate surface area is 172 Å². The van der Waals surface area contributed by atoms with Gasteiger partial charge in [0.1, 0.15) is 5.75 Å². The number of hydrogen-bond acceptors (Lipinski definition) is 2. The van der Waals surface area contributed by atoms with Crippen molar-refractivity contribution in [3.63, 3.8) is 0 Å². The number of aromatic nitrogens is 1. The van der Waals surface area contributed by atoms with E-state index in [-0.39, 0.29) is 11.8 Å². The van der Waals surface area contributed by atoms with Crippen molar-refractivity contribution in [2.75, 3.05) is 11.9 Å². The van der Waals surface area contributed by atoms with Gasteiger partial charge in [0, 0.05) is 29.4 Å². The van der Waals surface area contributed by atoms with Gasteiger partial charge in [-0.3, -0.25) is 4.79 Å². The molecule has 0 atom stereocenters. The molecule has 0 saturated heterocycles. The normalized spacial score (nSPS) is 18.8. The van der Waals surface area contributed by atoms with E-state index < -0.39 is 11.7 Å². The predicted octanol–water partition coefficient (Wildman–Crippen LogP) is 5.79. The van der Waals surface area contributed by atoms with Crippen molar-refractivity contribution in [2.45, 2.75) is 32.4 Å². The van der Waals surface area contributed by atoms with E-state index in [1.807, 2.05) is 18.2 Å². The standard InChI is InChI=1S/C23H23F3N2O2/c1-14-10-16(11-14)22(29)28-21-13-27-20-7-2-15(12-19(20)21)8-9-30-18-5-3-17(4-6-18)23(24,25)26/h2-7,12-14,16,27H,8-11H2,1H3,(H,28,29). The number of nitrogens with one attached hydrogen (secondary N) is 2. The van der Waals surface area contributed by atoms with E-state index in [9.17, 15) is 18.0 Å². The number of benzene rings is 2. The van der Waals surface area contributed by atoms with E-state index in [4.69, 9.17) is 4.74 Å². The zero-order chi connectivity index (χ0) is 21.3. The minimum atomic E-state index is -4.35. The highest BCUT2D eigenvalue weighted by molar-refractivity contribution is 6.02. The Hall–Kier alpha value is -2.96. The second kappa shape index (κ2) is 8.05. The first-order chi connectivity index (χ1) is 14.3. The third kappa shape index (κ3) is 4.45. The van der Waals surface area contributed by atoms with Crippen molar-refractivity contribution in [2.24, 2.45) is 11.8 Å². The van der Waals surface area contributed by atoms with E-state index in [1.54, 1.807) is 6.20 Å². The molecule has 1 saturated carbocycles. The van der Waals surface area contributed by atoms with E-state index in [0.29, 0.717) is 24.7 Å². The molecule has 2 aromatic carbocycles. The molecular weight excluding hydrogens is 393 g/mol. The molecule has 4 nitrogen and oxygen atoms in total. The molecule has 1 fully saturated rings. The second-order valence-electron chi connectivity index (χ2n) is 7.97. The van der Waals surface area contributed by atoms with Crippen molar-refractivity contribution in [3.05, 3.63) is 59.8 Å². The quantitative estimate of drug-likeness (QED) is 0.534. The summed E-state index contributed by atoms with van der Waals surface area (Å²) in [7, 11) is 0. The third-order valence-corrected chi connectivity index (χ3v) is 5.59. The summed E-state index contributed by atoms with van der Waals surface area (Å²) in [5.74, 6) is 1.16. The van der Waals surface area contributed by atoms with Crippen LogP contribution in [0.1, 0.15) is 30.9 Å². The zero-order valence-electron chi connectivity index (χ0n) is 16.6. The fourth-order valence-corrected chi connectivity index (χ4v) is 3.80. The lowest BCUT2D eigenvalue weighted by Gasteiger charge is -2.31. The average molecular weight is 416 g/mol. The number of carbonyl (C=O) groups excluding carboxylic acids is 1. The minimum Gasteiger partial charge on any atom is -0.493 e. The van der Waals surface area contributed by atoms with E-state index in [2.05, 4.69) is 17.2 Å². The molecule has 7 heteroatoms. The molecular formula is C23H23F3N2O2. The Bertz CT molecular complexity index is 1030. The molecule has 0 unspecified atom stereocenters. The molecule has 0 bridgehead atoms. The molecule has 0 radical (unpaired) electrons. The Morgan fingerprint density at radius 2 is 1.90 bits per heavy atom. The summed E-state index contributed by atoms with van der Waals surface area (Å²) in [5, 5.41) is 3.95. The molecule has 2 N–H and O–H groups in total. The molecule has 1 aliphatic carbocycles. The number of carbonyl (C=O) groups is 1. The van der Waals surface area contributed by atoms with E-state index in [0.717, 1.165) is 47.1 Å². The number of H-pyrrole nitrogens is 1. The number of halogens is 3. The molecule has 4 rings (SSSR count). The van der Waals surface area contributed by atoms with Gasteiger partial charge in [-0.1, -0.05) is 13.0 Å². The van der Waals surface area contributed by atoms with Gasteiger partial charge in [0.25, 0.3) is 0 Å². The fourth-order valence-electron chi connectivity index (χ4n) is 3.80. The van der Waals surface area contributed by atoms with Crippen LogP contribution in [-0.4, -0.2) is 17.5 Å². The van der Waals surface area contributed by atoms with Gasteiger partial charge in [0.15, 0.2) is 0 Å². The number of ether oxygens (including phenoxy) is 1. The largest absolute Gasteiger partial charge is 0.493 e. The smallest absolute Gasteiger partial charge is 0.416 e. The number of hydrogen-bond donors (Lipinski definition) is 2. The summed E-state index contributed by atoms with van der Waals surface area (Å²) in [6, 6.07) is 10.6. The molecule has 0 spiro atoms. The lowest BCUT2D eigenvalue weighted by atomic mass is 9.75. The van der Waals surface area contributed by atoms with Crippen LogP contribution in [0.3, 0.4) is 0 Å². The summed E-state index contributed by atoms with van der Waals surface area (Å²) >= 11 is 0. The lowest BCUT2D eigenvalue weighted by Crippen LogP contribution is -2.33. The van der Waals surface area contributed by atoms with Gasteiger partial charge in [-0.15, -0.1) is 0 Å². The van der Waals surface area contributed by atoms with Gasteiger partial charge in [0.05, 0.1) is 17.9 Å². The summed E-state index contributed by atoms with van der Waals surface area (Å²) in [6.45, 7) is 2.48. The molecule has 1 heterocycles. The van der Waals surface area contributed by atoms with Crippen LogP contribution in [-0.2, 0) is 17.4 Å². The third-order valence-electron chi connectivity index (χ3n) is 5.59. The maximum atomic E-state index is 12.6. The number of aromatic amines is 1. The zero-order valence-corrected chi connectivity index (χ0v) is 16.6. The van der Waals surface area contributed by atoms with Crippen LogP contribution in [0.5, 0.6) is 5.75 Å². The lowest BCUT2D eigenvalue weighted by molar-refractivity contribution is -0.137. The highest BCUT2D eigenvalue weighted by Gasteiger charge is 2.32. The van der Waals surface area contributed by atoms with Gasteiger partial charge >= 0.3 is 6.18 Å². The summed E-state index contributed by atoms with van der Waals surface area (Å²) < 4.78 is 43.4. The number of alkyl halides is 3. The first-order valence-corrected chi connectivity index (χ1v) is 10.0. The topological polar surface area (TPSA) is 54.1 Å². The van der Waals surface area contributed by atoms with Gasteiger partial charge in [-0.2, -0.15) is 13.2 Å². The van der Waals surface area contributed by atoms with Crippen molar-refractivity contribution >= 4 is 22.5 Å². The van der Waals surface area contributed by atoms with Crippen LogP contribution in [0.25, 0.3) is 10.9 Å². The molecule has 158 valence electrons. The summed E-state index contributed by atoms with van der Waals surface area (Å²) in [4.78, 5) is 15.5. The summed E-state index contributed by atoms with van der Waals surface area (Å²) in [5.41, 5.74) is 2.01. The number of anilines is 1.